The average Bonchev–Trinajstić information content (AvgIpc) is 3.17. The SMILES string of the molecule is CC(C)c1ncc(-n2cc(I)cn2)c(CNC2CC2)n1. The molecule has 1 aliphatic carbocycles. The number of aromatic nitrogens is 4. The largest absolute Gasteiger partial charge is 0.308 e. The van der Waals surface area contributed by atoms with Gasteiger partial charge in [0.15, 0.2) is 0 Å². The van der Waals surface area contributed by atoms with Crippen molar-refractivity contribution in [3.8, 4) is 5.69 Å². The Balaban J connectivity index is 1.93. The molecule has 0 unspecified atom stereocenters. The van der Waals surface area contributed by atoms with Crippen LogP contribution in [0.2, 0.25) is 0 Å². The summed E-state index contributed by atoms with van der Waals surface area (Å²) in [7, 11) is 0. The standard InChI is InChI=1S/C14H18IN5/c1-9(2)14-17-7-13(20-8-10(15)5-18-20)12(19-14)6-16-11-3-4-11/h5,7-9,11,16H,3-4,6H2,1-2H3. The molecule has 2 aromatic rings. The van der Waals surface area contributed by atoms with Crippen LogP contribution in [0.1, 0.15) is 44.1 Å². The molecule has 1 aliphatic rings. The molecule has 0 atom stereocenters. The molecule has 2 aromatic heterocycles. The maximum atomic E-state index is 4.72. The molecule has 3 rings (SSSR count). The van der Waals surface area contributed by atoms with Gasteiger partial charge in [0.2, 0.25) is 0 Å². The predicted octanol–water partition coefficient (Wildman–Crippen LogP) is 2.64. The molecule has 0 radical (unpaired) electrons. The minimum atomic E-state index is 0.335. The Kier molecular flexibility index (Phi) is 4.02. The molecule has 0 spiro atoms. The van der Waals surface area contributed by atoms with Crippen molar-refractivity contribution in [1.82, 2.24) is 25.1 Å². The van der Waals surface area contributed by atoms with Crippen molar-refractivity contribution in [1.29, 1.82) is 0 Å². The van der Waals surface area contributed by atoms with Gasteiger partial charge >= 0.3 is 0 Å². The topological polar surface area (TPSA) is 55.6 Å². The first kappa shape index (κ1) is 13.9. The van der Waals surface area contributed by atoms with Crippen LogP contribution in [0.15, 0.2) is 18.6 Å². The summed E-state index contributed by atoms with van der Waals surface area (Å²) in [5.41, 5.74) is 1.99. The molecule has 1 fully saturated rings. The van der Waals surface area contributed by atoms with E-state index in [0.717, 1.165) is 27.3 Å². The molecule has 1 saturated carbocycles. The first-order valence-corrected chi connectivity index (χ1v) is 8.01. The Labute approximate surface area is 132 Å². The highest BCUT2D eigenvalue weighted by molar-refractivity contribution is 14.1. The third-order valence-corrected chi connectivity index (χ3v) is 3.87. The summed E-state index contributed by atoms with van der Waals surface area (Å²) < 4.78 is 2.96. The van der Waals surface area contributed by atoms with Gasteiger partial charge < -0.3 is 5.32 Å². The van der Waals surface area contributed by atoms with E-state index in [1.165, 1.54) is 12.8 Å². The van der Waals surface area contributed by atoms with Crippen LogP contribution in [-0.4, -0.2) is 25.8 Å². The van der Waals surface area contributed by atoms with E-state index in [2.05, 4.69) is 51.8 Å². The summed E-state index contributed by atoms with van der Waals surface area (Å²) in [6, 6.07) is 0.665. The minimum Gasteiger partial charge on any atom is -0.308 e. The van der Waals surface area contributed by atoms with Crippen molar-refractivity contribution >= 4 is 22.6 Å². The fourth-order valence-electron chi connectivity index (χ4n) is 1.99. The molecule has 2 heterocycles. The lowest BCUT2D eigenvalue weighted by atomic mass is 10.2. The summed E-state index contributed by atoms with van der Waals surface area (Å²) in [6.07, 6.45) is 8.27. The van der Waals surface area contributed by atoms with Crippen LogP contribution < -0.4 is 5.32 Å². The van der Waals surface area contributed by atoms with Gasteiger partial charge in [0.05, 0.1) is 21.7 Å². The lowest BCUT2D eigenvalue weighted by Gasteiger charge is -2.12. The molecule has 1 N–H and O–H groups in total. The molecule has 0 bridgehead atoms. The summed E-state index contributed by atoms with van der Waals surface area (Å²) in [6.45, 7) is 5.01. The molecule has 5 nitrogen and oxygen atoms in total. The number of rotatable bonds is 5. The van der Waals surface area contributed by atoms with E-state index < -0.39 is 0 Å². The molecular weight excluding hydrogens is 365 g/mol. The Morgan fingerprint density at radius 2 is 2.20 bits per heavy atom. The van der Waals surface area contributed by atoms with Crippen molar-refractivity contribution < 1.29 is 0 Å². The van der Waals surface area contributed by atoms with E-state index in [9.17, 15) is 0 Å². The lowest BCUT2D eigenvalue weighted by molar-refractivity contribution is 0.650. The molecule has 6 heteroatoms. The van der Waals surface area contributed by atoms with Crippen LogP contribution in [0, 0.1) is 3.57 Å². The second-order valence-corrected chi connectivity index (χ2v) is 6.72. The highest BCUT2D eigenvalue weighted by Crippen LogP contribution is 2.21. The zero-order valence-corrected chi connectivity index (χ0v) is 13.8. The average molecular weight is 383 g/mol. The van der Waals surface area contributed by atoms with Gasteiger partial charge in [-0.15, -0.1) is 0 Å². The zero-order valence-electron chi connectivity index (χ0n) is 11.7. The van der Waals surface area contributed by atoms with Crippen molar-refractivity contribution in [2.24, 2.45) is 0 Å². The van der Waals surface area contributed by atoms with E-state index in [1.807, 2.05) is 23.3 Å². The van der Waals surface area contributed by atoms with Crippen molar-refractivity contribution in [3.63, 3.8) is 0 Å². The van der Waals surface area contributed by atoms with E-state index >= 15 is 0 Å². The Morgan fingerprint density at radius 1 is 1.40 bits per heavy atom. The fourth-order valence-corrected chi connectivity index (χ4v) is 2.38. The predicted molar refractivity (Wildman–Crippen MR) is 85.8 cm³/mol. The second-order valence-electron chi connectivity index (χ2n) is 5.47. The lowest BCUT2D eigenvalue weighted by Crippen LogP contribution is -2.19. The third-order valence-electron chi connectivity index (χ3n) is 3.31. The second kappa shape index (κ2) is 5.77. The van der Waals surface area contributed by atoms with Crippen molar-refractivity contribution in [2.75, 3.05) is 0 Å². The van der Waals surface area contributed by atoms with Gasteiger partial charge in [-0.25, -0.2) is 14.6 Å². The summed E-state index contributed by atoms with van der Waals surface area (Å²) in [5.74, 6) is 1.23. The van der Waals surface area contributed by atoms with Crippen LogP contribution in [0.4, 0.5) is 0 Å². The first-order valence-electron chi connectivity index (χ1n) is 6.93. The molecule has 106 valence electrons. The molecule has 0 saturated heterocycles. The Bertz CT molecular complexity index is 603. The normalized spacial score (nSPS) is 15.0. The van der Waals surface area contributed by atoms with E-state index in [0.29, 0.717) is 12.0 Å². The van der Waals surface area contributed by atoms with Gasteiger partial charge in [-0.1, -0.05) is 13.8 Å². The van der Waals surface area contributed by atoms with Gasteiger partial charge in [-0.2, -0.15) is 5.10 Å². The molecule has 0 amide bonds. The number of nitrogens with zero attached hydrogens (tertiary/aromatic N) is 4. The third kappa shape index (κ3) is 3.17. The maximum absolute atomic E-state index is 4.72. The van der Waals surface area contributed by atoms with Gasteiger partial charge in [-0.3, -0.25) is 0 Å². The monoisotopic (exact) mass is 383 g/mol. The molecular formula is C14H18IN5. The minimum absolute atomic E-state index is 0.335. The van der Waals surface area contributed by atoms with Gasteiger partial charge in [-0.05, 0) is 35.4 Å². The maximum Gasteiger partial charge on any atom is 0.131 e. The van der Waals surface area contributed by atoms with Crippen LogP contribution in [0.5, 0.6) is 0 Å². The Morgan fingerprint density at radius 3 is 2.80 bits per heavy atom. The van der Waals surface area contributed by atoms with E-state index in [4.69, 9.17) is 4.98 Å². The van der Waals surface area contributed by atoms with E-state index in [-0.39, 0.29) is 0 Å². The highest BCUT2D eigenvalue weighted by Gasteiger charge is 2.21. The number of halogens is 1. The van der Waals surface area contributed by atoms with Gasteiger partial charge in [0, 0.05) is 24.7 Å². The molecule has 0 aliphatic heterocycles. The number of hydrogen-bond donors (Lipinski definition) is 1. The summed E-state index contributed by atoms with van der Waals surface area (Å²) >= 11 is 2.26. The zero-order chi connectivity index (χ0) is 14.1. The quantitative estimate of drug-likeness (QED) is 0.807. The first-order chi connectivity index (χ1) is 9.63. The summed E-state index contributed by atoms with van der Waals surface area (Å²) in [5, 5.41) is 7.89. The van der Waals surface area contributed by atoms with Crippen molar-refractivity contribution in [2.45, 2.75) is 45.2 Å². The smallest absolute Gasteiger partial charge is 0.131 e. The van der Waals surface area contributed by atoms with Crippen LogP contribution >= 0.6 is 22.6 Å². The Hall–Kier alpha value is -1.02. The van der Waals surface area contributed by atoms with Gasteiger partial charge in [0.25, 0.3) is 0 Å². The van der Waals surface area contributed by atoms with Crippen LogP contribution in [0.25, 0.3) is 5.69 Å². The van der Waals surface area contributed by atoms with Gasteiger partial charge in [0.1, 0.15) is 11.5 Å². The summed E-state index contributed by atoms with van der Waals surface area (Å²) in [4.78, 5) is 9.19. The van der Waals surface area contributed by atoms with Crippen LogP contribution in [0.3, 0.4) is 0 Å². The highest BCUT2D eigenvalue weighted by atomic mass is 127. The molecule has 0 aromatic carbocycles. The molecule has 20 heavy (non-hydrogen) atoms. The fraction of sp³-hybridized carbons (Fsp3) is 0.500. The number of nitrogens with one attached hydrogen (secondary N) is 1. The van der Waals surface area contributed by atoms with Crippen LogP contribution in [-0.2, 0) is 6.54 Å². The van der Waals surface area contributed by atoms with Crippen molar-refractivity contribution in [3.05, 3.63) is 33.7 Å². The number of hydrogen-bond acceptors (Lipinski definition) is 4. The van der Waals surface area contributed by atoms with E-state index in [1.54, 1.807) is 0 Å².